The lowest BCUT2D eigenvalue weighted by Crippen LogP contribution is -2.36. The Labute approximate surface area is 184 Å². The van der Waals surface area contributed by atoms with Crippen LogP contribution in [0.25, 0.3) is 0 Å². The van der Waals surface area contributed by atoms with E-state index in [2.05, 4.69) is 22.4 Å². The maximum atomic E-state index is 11.5. The van der Waals surface area contributed by atoms with Crippen molar-refractivity contribution in [1.29, 1.82) is 0 Å². The molecule has 2 aromatic rings. The van der Waals surface area contributed by atoms with Crippen LogP contribution in [-0.2, 0) is 30.3 Å². The number of rotatable bonds is 5. The molecule has 9 heteroatoms. The van der Waals surface area contributed by atoms with E-state index in [9.17, 15) is 9.59 Å². The summed E-state index contributed by atoms with van der Waals surface area (Å²) in [6.45, 7) is 0.933. The van der Waals surface area contributed by atoms with Crippen LogP contribution in [0.3, 0.4) is 0 Å². The molecule has 2 fully saturated rings. The second-order valence-corrected chi connectivity index (χ2v) is 7.81. The Morgan fingerprint density at radius 2 is 1.75 bits per heavy atom. The van der Waals surface area contributed by atoms with Crippen molar-refractivity contribution in [2.75, 3.05) is 18.5 Å². The molecule has 3 heterocycles. The summed E-state index contributed by atoms with van der Waals surface area (Å²) in [5.74, 6) is -0.952. The quantitative estimate of drug-likeness (QED) is 0.563. The van der Waals surface area contributed by atoms with Crippen LogP contribution in [0.15, 0.2) is 53.5 Å². The van der Waals surface area contributed by atoms with Gasteiger partial charge >= 0.3 is 11.9 Å². The highest BCUT2D eigenvalue weighted by Gasteiger charge is 2.38. The molecule has 0 saturated carbocycles. The van der Waals surface area contributed by atoms with Gasteiger partial charge in [-0.05, 0) is 54.7 Å². The number of hydrogen-bond acceptors (Lipinski definition) is 9. The summed E-state index contributed by atoms with van der Waals surface area (Å²) in [5.41, 5.74) is 3.09. The molecule has 2 saturated heterocycles. The molecule has 2 unspecified atom stereocenters. The van der Waals surface area contributed by atoms with Crippen LogP contribution in [0, 0.1) is 0 Å². The molecule has 2 aromatic carbocycles. The molecule has 9 nitrogen and oxygen atoms in total. The van der Waals surface area contributed by atoms with Crippen molar-refractivity contribution in [2.45, 2.75) is 38.2 Å². The van der Waals surface area contributed by atoms with Crippen molar-refractivity contribution < 1.29 is 28.6 Å². The maximum Gasteiger partial charge on any atom is 0.441 e. The van der Waals surface area contributed by atoms with Gasteiger partial charge < -0.3 is 24.4 Å². The van der Waals surface area contributed by atoms with E-state index in [1.807, 2.05) is 36.4 Å². The predicted octanol–water partition coefficient (Wildman–Crippen LogP) is 2.61. The van der Waals surface area contributed by atoms with Gasteiger partial charge in [0.25, 0.3) is 0 Å². The third-order valence-electron chi connectivity index (χ3n) is 5.37. The zero-order chi connectivity index (χ0) is 21.9. The van der Waals surface area contributed by atoms with Crippen molar-refractivity contribution in [3.05, 3.63) is 59.7 Å². The first kappa shape index (κ1) is 20.3. The average Bonchev–Trinajstić information content (AvgIpc) is 3.10. The molecule has 0 radical (unpaired) electrons. The molecule has 0 spiro atoms. The third-order valence-corrected chi connectivity index (χ3v) is 5.37. The highest BCUT2D eigenvalue weighted by atomic mass is 16.7. The van der Waals surface area contributed by atoms with Gasteiger partial charge in [0.1, 0.15) is 12.3 Å². The second kappa shape index (κ2) is 8.88. The minimum Gasteiger partial charge on any atom is -0.465 e. The van der Waals surface area contributed by atoms with Gasteiger partial charge in [0.05, 0.1) is 6.61 Å². The van der Waals surface area contributed by atoms with Gasteiger partial charge in [0, 0.05) is 12.1 Å². The van der Waals surface area contributed by atoms with Crippen molar-refractivity contribution in [3.63, 3.8) is 0 Å². The lowest BCUT2D eigenvalue weighted by Gasteiger charge is -2.23. The number of hydroxylamine groups is 2. The molecule has 3 aliphatic rings. The van der Waals surface area contributed by atoms with Crippen molar-refractivity contribution in [2.24, 2.45) is 4.99 Å². The summed E-state index contributed by atoms with van der Waals surface area (Å²) in [5, 5.41) is 4.32. The number of guanidine groups is 1. The van der Waals surface area contributed by atoms with Gasteiger partial charge in [-0.3, -0.25) is 0 Å². The van der Waals surface area contributed by atoms with Crippen LogP contribution in [-0.4, -0.2) is 48.6 Å². The van der Waals surface area contributed by atoms with Gasteiger partial charge in [-0.25, -0.2) is 14.6 Å². The van der Waals surface area contributed by atoms with Crippen LogP contribution in [0.1, 0.15) is 30.4 Å². The van der Waals surface area contributed by atoms with E-state index in [1.54, 1.807) is 0 Å². The Hall–Kier alpha value is -3.59. The number of nitrogens with zero attached hydrogens (tertiary/aromatic N) is 2. The molecule has 2 bridgehead atoms. The molecule has 2 atom stereocenters. The Balaban J connectivity index is 1.17. The number of anilines is 1. The summed E-state index contributed by atoms with van der Waals surface area (Å²) in [4.78, 5) is 32.0. The van der Waals surface area contributed by atoms with Crippen LogP contribution in [0.5, 0.6) is 5.75 Å². The molecule has 32 heavy (non-hydrogen) atoms. The number of benzene rings is 2. The fraction of sp³-hybridized carbons (Fsp3) is 0.348. The van der Waals surface area contributed by atoms with Gasteiger partial charge in [-0.2, -0.15) is 5.06 Å². The number of esters is 1. The maximum absolute atomic E-state index is 11.5. The zero-order valence-corrected chi connectivity index (χ0v) is 17.4. The molecular weight excluding hydrogens is 414 g/mol. The van der Waals surface area contributed by atoms with E-state index >= 15 is 0 Å². The van der Waals surface area contributed by atoms with Crippen LogP contribution < -0.4 is 10.1 Å². The van der Waals surface area contributed by atoms with Crippen LogP contribution in [0.4, 0.5) is 5.69 Å². The fourth-order valence-corrected chi connectivity index (χ4v) is 3.73. The molecule has 3 aliphatic heterocycles. The lowest BCUT2D eigenvalue weighted by molar-refractivity contribution is -0.179. The number of carbonyl (C=O) groups excluding carboxylic acids is 2. The second-order valence-electron chi connectivity index (χ2n) is 7.81. The van der Waals surface area contributed by atoms with E-state index in [0.717, 1.165) is 49.3 Å². The van der Waals surface area contributed by atoms with Crippen molar-refractivity contribution in [3.8, 4) is 5.75 Å². The number of hydrogen-bond donors (Lipinski definition) is 1. The van der Waals surface area contributed by atoms with Gasteiger partial charge in [0.15, 0.2) is 6.29 Å². The minimum atomic E-state index is -1.06. The fourth-order valence-electron chi connectivity index (χ4n) is 3.73. The summed E-state index contributed by atoms with van der Waals surface area (Å²) < 4.78 is 16.4. The monoisotopic (exact) mass is 437 g/mol. The first-order valence-electron chi connectivity index (χ1n) is 10.6. The van der Waals surface area contributed by atoms with E-state index in [4.69, 9.17) is 19.0 Å². The van der Waals surface area contributed by atoms with Crippen LogP contribution >= 0.6 is 0 Å². The first-order chi connectivity index (χ1) is 15.6. The highest BCUT2D eigenvalue weighted by molar-refractivity contribution is 6.30. The van der Waals surface area contributed by atoms with Gasteiger partial charge in [-0.1, -0.05) is 24.3 Å². The van der Waals surface area contributed by atoms with Crippen molar-refractivity contribution in [1.82, 2.24) is 5.06 Å². The van der Waals surface area contributed by atoms with Gasteiger partial charge in [0.2, 0.25) is 12.2 Å². The average molecular weight is 437 g/mol. The molecule has 0 amide bonds. The van der Waals surface area contributed by atoms with E-state index < -0.39 is 18.2 Å². The van der Waals surface area contributed by atoms with E-state index in [0.29, 0.717) is 5.96 Å². The molecule has 5 rings (SSSR count). The van der Waals surface area contributed by atoms with Crippen molar-refractivity contribution >= 4 is 23.6 Å². The number of aliphatic imine (C=N–C) groups is 1. The van der Waals surface area contributed by atoms with E-state index in [1.165, 1.54) is 10.6 Å². The van der Waals surface area contributed by atoms with E-state index in [-0.39, 0.29) is 12.8 Å². The third kappa shape index (κ3) is 4.67. The molecular formula is C23H23N3O6. The topological polar surface area (TPSA) is 98.7 Å². The summed E-state index contributed by atoms with van der Waals surface area (Å²) >= 11 is 0. The Morgan fingerprint density at radius 1 is 1.00 bits per heavy atom. The number of carbonyl (C=O) groups is 2. The first-order valence-corrected chi connectivity index (χ1v) is 10.6. The minimum absolute atomic E-state index is 0.144. The molecule has 166 valence electrons. The molecule has 0 aromatic heterocycles. The largest absolute Gasteiger partial charge is 0.465 e. The number of ether oxygens (including phenoxy) is 3. The summed E-state index contributed by atoms with van der Waals surface area (Å²) in [7, 11) is 0. The molecule has 1 N–H and O–H groups in total. The Bertz CT molecular complexity index is 1020. The van der Waals surface area contributed by atoms with Gasteiger partial charge in [-0.15, -0.1) is 0 Å². The smallest absolute Gasteiger partial charge is 0.441 e. The summed E-state index contributed by atoms with van der Waals surface area (Å²) in [6.07, 6.45) is 3.05. The highest BCUT2D eigenvalue weighted by Crippen LogP contribution is 2.22. The number of nitrogens with one attached hydrogen (secondary N) is 1. The van der Waals surface area contributed by atoms with Crippen LogP contribution in [0.2, 0.25) is 0 Å². The predicted molar refractivity (Wildman–Crippen MR) is 114 cm³/mol. The normalized spacial score (nSPS) is 22.5. The standard InChI is InChI=1S/C23H23N3O6/c27-21-22(28)32-26-14-19(31-21)25-23(26)24-17-8-4-15(5-9-17)13-16-6-10-18(11-7-16)30-20-3-1-2-12-29-20/h4-11,19-20H,1-3,12-14H2,(H,24,25). The Morgan fingerprint density at radius 3 is 2.47 bits per heavy atom. The lowest BCUT2D eigenvalue weighted by atomic mass is 10.0. The molecule has 0 aliphatic carbocycles. The number of fused-ring (bicyclic) bond motifs is 2. The SMILES string of the molecule is O=C1OC2CN(OC1=O)C(Nc1ccc(Cc3ccc(OC4CCCCO4)cc3)cc1)=N2. The zero-order valence-electron chi connectivity index (χ0n) is 17.4. The summed E-state index contributed by atoms with van der Waals surface area (Å²) in [6, 6.07) is 15.9. The Kier molecular flexibility index (Phi) is 5.64.